The molecule has 0 aromatic heterocycles. The minimum absolute atomic E-state index is 0.00463. The van der Waals surface area contributed by atoms with Gasteiger partial charge in [-0.25, -0.2) is 4.39 Å². The Morgan fingerprint density at radius 3 is 3.00 bits per heavy atom. The predicted octanol–water partition coefficient (Wildman–Crippen LogP) is 1.77. The second-order valence-corrected chi connectivity index (χ2v) is 2.80. The summed E-state index contributed by atoms with van der Waals surface area (Å²) in [6, 6.07) is 0. The molecule has 0 aliphatic heterocycles. The first-order valence-electron chi connectivity index (χ1n) is 3.99. The molecule has 0 saturated heterocycles. The lowest BCUT2D eigenvalue weighted by atomic mass is 9.95. The number of rotatable bonds is 3. The van der Waals surface area contributed by atoms with E-state index in [1.54, 1.807) is 13.2 Å². The van der Waals surface area contributed by atoms with Crippen LogP contribution in [0.5, 0.6) is 0 Å². The van der Waals surface area contributed by atoms with Gasteiger partial charge in [-0.05, 0) is 18.6 Å². The van der Waals surface area contributed by atoms with Crippen LogP contribution in [-0.4, -0.2) is 18.8 Å². The van der Waals surface area contributed by atoms with E-state index in [2.05, 4.69) is 0 Å². The average molecular weight is 172 g/mol. The lowest BCUT2D eigenvalue weighted by Crippen LogP contribution is -2.11. The molecule has 1 unspecified atom stereocenters. The van der Waals surface area contributed by atoms with Crippen LogP contribution in [0.3, 0.4) is 0 Å². The predicted molar refractivity (Wildman–Crippen MR) is 44.1 cm³/mol. The quantitative estimate of drug-likeness (QED) is 0.703. The Morgan fingerprint density at radius 1 is 1.67 bits per heavy atom. The minimum Gasteiger partial charge on any atom is -0.501 e. The summed E-state index contributed by atoms with van der Waals surface area (Å²) >= 11 is 0. The van der Waals surface area contributed by atoms with Crippen LogP contribution in [0.1, 0.15) is 12.8 Å². The summed E-state index contributed by atoms with van der Waals surface area (Å²) in [5.41, 5.74) is 0. The molecule has 2 nitrogen and oxygen atoms in total. The van der Waals surface area contributed by atoms with E-state index >= 15 is 0 Å². The SMILES string of the molecule is COC1=CC=C(F)CC1CCO. The van der Waals surface area contributed by atoms with Crippen LogP contribution in [0.15, 0.2) is 23.7 Å². The number of aliphatic hydroxyl groups is 1. The number of methoxy groups -OCH3 is 1. The van der Waals surface area contributed by atoms with E-state index in [-0.39, 0.29) is 18.4 Å². The van der Waals surface area contributed by atoms with E-state index in [4.69, 9.17) is 9.84 Å². The first-order valence-corrected chi connectivity index (χ1v) is 3.99. The molecule has 0 aromatic rings. The number of hydrogen-bond acceptors (Lipinski definition) is 2. The molecule has 0 radical (unpaired) electrons. The highest BCUT2D eigenvalue weighted by Crippen LogP contribution is 2.28. The van der Waals surface area contributed by atoms with Gasteiger partial charge in [0.25, 0.3) is 0 Å². The minimum atomic E-state index is -0.144. The third kappa shape index (κ3) is 2.08. The van der Waals surface area contributed by atoms with Crippen molar-refractivity contribution < 1.29 is 14.2 Å². The molecule has 0 fully saturated rings. The van der Waals surface area contributed by atoms with Crippen molar-refractivity contribution in [2.75, 3.05) is 13.7 Å². The zero-order chi connectivity index (χ0) is 8.97. The third-order valence-electron chi connectivity index (χ3n) is 1.99. The molecule has 0 spiro atoms. The van der Waals surface area contributed by atoms with E-state index in [1.807, 2.05) is 0 Å². The second kappa shape index (κ2) is 4.26. The lowest BCUT2D eigenvalue weighted by molar-refractivity contribution is 0.197. The molecule has 0 heterocycles. The second-order valence-electron chi connectivity index (χ2n) is 2.80. The summed E-state index contributed by atoms with van der Waals surface area (Å²) in [7, 11) is 1.56. The summed E-state index contributed by atoms with van der Waals surface area (Å²) in [6.45, 7) is 0.0681. The molecule has 68 valence electrons. The van der Waals surface area contributed by atoms with Gasteiger partial charge in [-0.15, -0.1) is 0 Å². The van der Waals surface area contributed by atoms with Crippen LogP contribution in [-0.2, 0) is 4.74 Å². The van der Waals surface area contributed by atoms with Crippen LogP contribution < -0.4 is 0 Å². The van der Waals surface area contributed by atoms with Crippen molar-refractivity contribution in [2.24, 2.45) is 5.92 Å². The van der Waals surface area contributed by atoms with Crippen molar-refractivity contribution >= 4 is 0 Å². The Kier molecular flexibility index (Phi) is 3.29. The zero-order valence-corrected chi connectivity index (χ0v) is 7.09. The topological polar surface area (TPSA) is 29.5 Å². The van der Waals surface area contributed by atoms with Crippen molar-refractivity contribution in [2.45, 2.75) is 12.8 Å². The molecule has 1 atom stereocenters. The van der Waals surface area contributed by atoms with E-state index in [0.29, 0.717) is 12.8 Å². The van der Waals surface area contributed by atoms with Crippen molar-refractivity contribution in [3.05, 3.63) is 23.7 Å². The largest absolute Gasteiger partial charge is 0.501 e. The van der Waals surface area contributed by atoms with Crippen molar-refractivity contribution in [3.63, 3.8) is 0 Å². The van der Waals surface area contributed by atoms with Gasteiger partial charge in [0, 0.05) is 18.9 Å². The lowest BCUT2D eigenvalue weighted by Gasteiger charge is -2.20. The average Bonchev–Trinajstić information content (AvgIpc) is 2.05. The van der Waals surface area contributed by atoms with E-state index < -0.39 is 0 Å². The summed E-state index contributed by atoms with van der Waals surface area (Å²) in [4.78, 5) is 0. The standard InChI is InChI=1S/C9H13FO2/c1-12-9-3-2-8(10)6-7(9)4-5-11/h2-3,7,11H,4-6H2,1H3. The summed E-state index contributed by atoms with van der Waals surface area (Å²) < 4.78 is 17.8. The summed E-state index contributed by atoms with van der Waals surface area (Å²) in [6.07, 6.45) is 3.94. The van der Waals surface area contributed by atoms with Crippen LogP contribution in [0.4, 0.5) is 4.39 Å². The molecule has 1 N–H and O–H groups in total. The van der Waals surface area contributed by atoms with Crippen LogP contribution in [0, 0.1) is 5.92 Å². The molecular formula is C9H13FO2. The highest BCUT2D eigenvalue weighted by Gasteiger charge is 2.19. The third-order valence-corrected chi connectivity index (χ3v) is 1.99. The van der Waals surface area contributed by atoms with Gasteiger partial charge in [0.2, 0.25) is 0 Å². The van der Waals surface area contributed by atoms with Gasteiger partial charge >= 0.3 is 0 Å². The maximum Gasteiger partial charge on any atom is 0.101 e. The Morgan fingerprint density at radius 2 is 2.42 bits per heavy atom. The Balaban J connectivity index is 2.64. The molecule has 0 bridgehead atoms. The normalized spacial score (nSPS) is 23.1. The maximum atomic E-state index is 12.7. The molecule has 12 heavy (non-hydrogen) atoms. The molecule has 1 rings (SSSR count). The highest BCUT2D eigenvalue weighted by atomic mass is 19.1. The van der Waals surface area contributed by atoms with Gasteiger partial charge in [0.05, 0.1) is 12.9 Å². The van der Waals surface area contributed by atoms with E-state index in [1.165, 1.54) is 6.08 Å². The molecule has 0 aromatic carbocycles. The molecule has 3 heteroatoms. The zero-order valence-electron chi connectivity index (χ0n) is 7.09. The molecule has 0 saturated carbocycles. The number of hydrogen-bond donors (Lipinski definition) is 1. The van der Waals surface area contributed by atoms with E-state index in [9.17, 15) is 4.39 Å². The van der Waals surface area contributed by atoms with Crippen LogP contribution >= 0.6 is 0 Å². The van der Waals surface area contributed by atoms with Gasteiger partial charge in [0.1, 0.15) is 5.83 Å². The fourth-order valence-electron chi connectivity index (χ4n) is 1.35. The van der Waals surface area contributed by atoms with Gasteiger partial charge < -0.3 is 9.84 Å². The number of ether oxygens (including phenoxy) is 1. The fraction of sp³-hybridized carbons (Fsp3) is 0.556. The maximum absolute atomic E-state index is 12.7. The number of aliphatic hydroxyl groups excluding tert-OH is 1. The summed E-state index contributed by atoms with van der Waals surface area (Å²) in [5, 5.41) is 8.69. The van der Waals surface area contributed by atoms with Crippen LogP contribution in [0.2, 0.25) is 0 Å². The van der Waals surface area contributed by atoms with Gasteiger partial charge in [-0.3, -0.25) is 0 Å². The van der Waals surface area contributed by atoms with Crippen LogP contribution in [0.25, 0.3) is 0 Å². The first-order chi connectivity index (χ1) is 5.77. The van der Waals surface area contributed by atoms with Crippen molar-refractivity contribution in [3.8, 4) is 0 Å². The molecule has 0 amide bonds. The van der Waals surface area contributed by atoms with Crippen molar-refractivity contribution in [1.29, 1.82) is 0 Å². The Hall–Kier alpha value is -0.830. The first kappa shape index (κ1) is 9.26. The highest BCUT2D eigenvalue weighted by molar-refractivity contribution is 5.19. The number of allylic oxidation sites excluding steroid dienone is 4. The van der Waals surface area contributed by atoms with Gasteiger partial charge in [0.15, 0.2) is 0 Å². The Bertz CT molecular complexity index is 209. The van der Waals surface area contributed by atoms with Crippen molar-refractivity contribution in [1.82, 2.24) is 0 Å². The van der Waals surface area contributed by atoms with Gasteiger partial charge in [-0.2, -0.15) is 0 Å². The molecule has 1 aliphatic carbocycles. The van der Waals surface area contributed by atoms with Gasteiger partial charge in [-0.1, -0.05) is 0 Å². The summed E-state index contributed by atoms with van der Waals surface area (Å²) in [5.74, 6) is 0.615. The number of halogens is 1. The fourth-order valence-corrected chi connectivity index (χ4v) is 1.35. The smallest absolute Gasteiger partial charge is 0.101 e. The molecular weight excluding hydrogens is 159 g/mol. The monoisotopic (exact) mass is 172 g/mol. The van der Waals surface area contributed by atoms with E-state index in [0.717, 1.165) is 5.76 Å². The molecule has 1 aliphatic rings. The Labute approximate surface area is 71.3 Å².